The number of fused-ring (bicyclic) bond motifs is 7. The number of aliphatic hydroxyl groups is 1. The topological polar surface area (TPSA) is 119 Å². The summed E-state index contributed by atoms with van der Waals surface area (Å²) in [6.07, 6.45) is 0.901. The van der Waals surface area contributed by atoms with Crippen molar-refractivity contribution in [2.24, 2.45) is 0 Å². The average Bonchev–Trinajstić information content (AvgIpc) is 2.88. The van der Waals surface area contributed by atoms with Gasteiger partial charge >= 0.3 is 0 Å². The number of hydrogen-bond donors (Lipinski definition) is 3. The smallest absolute Gasteiger partial charge is 0.167 e. The van der Waals surface area contributed by atoms with Gasteiger partial charge in [-0.15, -0.1) is 0 Å². The van der Waals surface area contributed by atoms with Crippen LogP contribution in [0.3, 0.4) is 0 Å². The number of aliphatic hydroxyl groups excluding tert-OH is 1. The van der Waals surface area contributed by atoms with Crippen molar-refractivity contribution in [3.8, 4) is 34.8 Å². The molecule has 3 heterocycles. The van der Waals surface area contributed by atoms with Crippen molar-refractivity contribution < 1.29 is 29.5 Å². The molecule has 5 atom stereocenters. The Morgan fingerprint density at radius 1 is 0.838 bits per heavy atom. The average molecular weight is 510 g/mol. The summed E-state index contributed by atoms with van der Waals surface area (Å²) in [5, 5.41) is 44.0. The summed E-state index contributed by atoms with van der Waals surface area (Å²) in [5.41, 5.74) is 5.27. The Bertz CT molecular complexity index is 1320. The van der Waals surface area contributed by atoms with Gasteiger partial charge in [-0.2, -0.15) is 5.26 Å². The van der Waals surface area contributed by atoms with Gasteiger partial charge in [0.2, 0.25) is 0 Å². The number of hydrogen-bond acceptors (Lipinski definition) is 9. The lowest BCUT2D eigenvalue weighted by atomic mass is 9.71. The van der Waals surface area contributed by atoms with Crippen molar-refractivity contribution in [2.45, 2.75) is 63.8 Å². The number of rotatable bonds is 4. The van der Waals surface area contributed by atoms with E-state index in [0.29, 0.717) is 46.8 Å². The van der Waals surface area contributed by atoms with Crippen molar-refractivity contribution in [3.63, 3.8) is 0 Å². The molecular weight excluding hydrogens is 474 g/mol. The molecule has 1 saturated heterocycles. The van der Waals surface area contributed by atoms with Gasteiger partial charge in [-0.25, -0.2) is 0 Å². The number of methoxy groups -OCH3 is 3. The zero-order chi connectivity index (χ0) is 26.9. The molecule has 198 valence electrons. The fourth-order valence-electron chi connectivity index (χ4n) is 7.27. The van der Waals surface area contributed by atoms with E-state index in [1.807, 2.05) is 27.8 Å². The second-order valence-electron chi connectivity index (χ2n) is 10.3. The van der Waals surface area contributed by atoms with Crippen molar-refractivity contribution >= 4 is 0 Å². The van der Waals surface area contributed by atoms with Gasteiger partial charge in [0.25, 0.3) is 0 Å². The third-order valence-electron chi connectivity index (χ3n) is 8.99. The fraction of sp³-hybridized carbons (Fsp3) is 0.536. The van der Waals surface area contributed by atoms with Crippen molar-refractivity contribution in [3.05, 3.63) is 38.9 Å². The number of aromatic hydroxyl groups is 2. The lowest BCUT2D eigenvalue weighted by molar-refractivity contribution is -0.0828. The third-order valence-corrected chi connectivity index (χ3v) is 8.99. The molecule has 0 unspecified atom stereocenters. The van der Waals surface area contributed by atoms with E-state index in [4.69, 9.17) is 14.2 Å². The molecule has 0 saturated carbocycles. The van der Waals surface area contributed by atoms with Gasteiger partial charge < -0.3 is 29.5 Å². The molecule has 2 bridgehead atoms. The Balaban J connectivity index is 1.82. The van der Waals surface area contributed by atoms with Crippen LogP contribution in [0.25, 0.3) is 0 Å². The number of piperazine rings is 1. The minimum atomic E-state index is -0.560. The van der Waals surface area contributed by atoms with Gasteiger partial charge in [0.15, 0.2) is 11.5 Å². The van der Waals surface area contributed by atoms with Crippen molar-refractivity contribution in [2.75, 3.05) is 35.0 Å². The van der Waals surface area contributed by atoms with Gasteiger partial charge in [-0.3, -0.25) is 9.80 Å². The van der Waals surface area contributed by atoms with Crippen LogP contribution in [0.2, 0.25) is 0 Å². The molecule has 0 radical (unpaired) electrons. The second kappa shape index (κ2) is 8.98. The van der Waals surface area contributed by atoms with E-state index in [0.717, 1.165) is 22.3 Å². The van der Waals surface area contributed by atoms with E-state index in [1.165, 1.54) is 7.11 Å². The van der Waals surface area contributed by atoms with E-state index in [9.17, 15) is 20.6 Å². The van der Waals surface area contributed by atoms with E-state index < -0.39 is 12.1 Å². The molecule has 9 nitrogen and oxygen atoms in total. The molecule has 5 rings (SSSR count). The Hall–Kier alpha value is -3.19. The number of phenolic OH excluding ortho intramolecular Hbond substituents is 2. The first kappa shape index (κ1) is 25.5. The quantitative estimate of drug-likeness (QED) is 0.572. The zero-order valence-corrected chi connectivity index (χ0v) is 22.4. The lowest BCUT2D eigenvalue weighted by Gasteiger charge is -2.59. The number of benzene rings is 2. The Kier molecular flexibility index (Phi) is 6.18. The van der Waals surface area contributed by atoms with Crippen LogP contribution in [0.4, 0.5) is 0 Å². The number of likely N-dealkylation sites (N-methyl/N-ethyl adjacent to an activating group) is 1. The van der Waals surface area contributed by atoms with Gasteiger partial charge in [0.1, 0.15) is 23.3 Å². The van der Waals surface area contributed by atoms with Crippen LogP contribution in [-0.4, -0.2) is 78.2 Å². The molecule has 0 amide bonds. The SMILES string of the molecule is COc1c(C)c(OC)c2c(c1O)[C@@H]1[C@@H]3Cc4c(O)c(C)c(C)c(OC)c4[C@H](CO)N3[C@@H](C#N)[C@H](C2)N1C. The molecule has 9 heteroatoms. The van der Waals surface area contributed by atoms with Crippen LogP contribution < -0.4 is 14.2 Å². The van der Waals surface area contributed by atoms with E-state index in [-0.39, 0.29) is 36.2 Å². The van der Waals surface area contributed by atoms with E-state index in [1.54, 1.807) is 14.2 Å². The molecule has 0 aromatic heterocycles. The monoisotopic (exact) mass is 509 g/mol. The molecule has 2 aromatic carbocycles. The molecular formula is C28H35N3O6. The Labute approximate surface area is 217 Å². The standard InChI is InChI=1S/C28H35N3O6/c1-12-13(2)27(36-6)21-15(24(12)33)8-18-23-22-16(26(35-5)14(3)28(37-7)25(22)34)9-17(30(23)4)19(10-29)31(18)20(21)11-32/h17-20,23,32-34H,8-9,11H2,1-7H3/t17-,18-,19-,20-,23-/m0/s1. The maximum Gasteiger partial charge on any atom is 0.167 e. The molecule has 3 aliphatic rings. The molecule has 0 aliphatic carbocycles. The number of nitriles is 1. The summed E-state index contributed by atoms with van der Waals surface area (Å²) in [4.78, 5) is 4.23. The molecule has 1 fully saturated rings. The van der Waals surface area contributed by atoms with Gasteiger partial charge in [-0.1, -0.05) is 0 Å². The number of ether oxygens (including phenoxy) is 3. The summed E-state index contributed by atoms with van der Waals surface area (Å²) in [6, 6.07) is 0.548. The maximum atomic E-state index is 11.5. The number of phenols is 2. The first-order valence-corrected chi connectivity index (χ1v) is 12.5. The summed E-state index contributed by atoms with van der Waals surface area (Å²) in [6.45, 7) is 5.36. The molecule has 37 heavy (non-hydrogen) atoms. The predicted molar refractivity (Wildman–Crippen MR) is 137 cm³/mol. The zero-order valence-electron chi connectivity index (χ0n) is 22.4. The third kappa shape index (κ3) is 3.19. The maximum absolute atomic E-state index is 11.5. The van der Waals surface area contributed by atoms with E-state index in [2.05, 4.69) is 15.9 Å². The summed E-state index contributed by atoms with van der Waals surface area (Å²) < 4.78 is 17.2. The van der Waals surface area contributed by atoms with Crippen LogP contribution in [0, 0.1) is 32.1 Å². The molecule has 0 spiro atoms. The summed E-state index contributed by atoms with van der Waals surface area (Å²) >= 11 is 0. The normalized spacial score (nSPS) is 26.5. The second-order valence-corrected chi connectivity index (χ2v) is 10.3. The van der Waals surface area contributed by atoms with Crippen LogP contribution in [0.5, 0.6) is 28.7 Å². The van der Waals surface area contributed by atoms with Crippen molar-refractivity contribution in [1.82, 2.24) is 9.80 Å². The number of nitrogens with zero attached hydrogens (tertiary/aromatic N) is 3. The van der Waals surface area contributed by atoms with Crippen LogP contribution >= 0.6 is 0 Å². The summed E-state index contributed by atoms with van der Waals surface area (Å²) in [5.74, 6) is 1.90. The highest BCUT2D eigenvalue weighted by Crippen LogP contribution is 2.57. The first-order chi connectivity index (χ1) is 17.7. The van der Waals surface area contributed by atoms with Gasteiger partial charge in [-0.05, 0) is 51.8 Å². The van der Waals surface area contributed by atoms with Gasteiger partial charge in [0.05, 0.1) is 46.1 Å². The minimum absolute atomic E-state index is 0.0645. The highest BCUT2D eigenvalue weighted by Gasteiger charge is 2.56. The first-order valence-electron chi connectivity index (χ1n) is 12.5. The highest BCUT2D eigenvalue weighted by atomic mass is 16.5. The Morgan fingerprint density at radius 2 is 1.46 bits per heavy atom. The summed E-state index contributed by atoms with van der Waals surface area (Å²) in [7, 11) is 6.70. The minimum Gasteiger partial charge on any atom is -0.507 e. The fourth-order valence-corrected chi connectivity index (χ4v) is 7.27. The predicted octanol–water partition coefficient (Wildman–Crippen LogP) is 2.81. The van der Waals surface area contributed by atoms with Crippen LogP contribution in [-0.2, 0) is 12.8 Å². The van der Waals surface area contributed by atoms with Crippen LogP contribution in [0.15, 0.2) is 0 Å². The van der Waals surface area contributed by atoms with Gasteiger partial charge in [0, 0.05) is 39.9 Å². The molecule has 3 aliphatic heterocycles. The lowest BCUT2D eigenvalue weighted by Crippen LogP contribution is -2.68. The van der Waals surface area contributed by atoms with E-state index >= 15 is 0 Å². The molecule has 3 N–H and O–H groups in total. The largest absolute Gasteiger partial charge is 0.507 e. The molecule has 2 aromatic rings. The van der Waals surface area contributed by atoms with Crippen molar-refractivity contribution in [1.29, 1.82) is 5.26 Å². The highest BCUT2D eigenvalue weighted by molar-refractivity contribution is 5.66. The Morgan fingerprint density at radius 3 is 2.03 bits per heavy atom. The van der Waals surface area contributed by atoms with Crippen LogP contribution in [0.1, 0.15) is 51.0 Å².